The molecule has 160 valence electrons. The molecule has 0 spiro atoms. The highest BCUT2D eigenvalue weighted by Crippen LogP contribution is 2.32. The van der Waals surface area contributed by atoms with Gasteiger partial charge in [-0.2, -0.15) is 4.98 Å². The van der Waals surface area contributed by atoms with Gasteiger partial charge in [-0.15, -0.1) is 10.2 Å². The summed E-state index contributed by atoms with van der Waals surface area (Å²) < 4.78 is 13.1. The van der Waals surface area contributed by atoms with Crippen LogP contribution in [0, 0.1) is 0 Å². The van der Waals surface area contributed by atoms with Crippen LogP contribution in [0.3, 0.4) is 0 Å². The van der Waals surface area contributed by atoms with E-state index in [1.165, 1.54) is 5.56 Å². The molecule has 0 N–H and O–H groups in total. The highest BCUT2D eigenvalue weighted by atomic mass is 32.2. The summed E-state index contributed by atoms with van der Waals surface area (Å²) in [5.74, 6) is 3.46. The molecular weight excluding hydrogens is 410 g/mol. The summed E-state index contributed by atoms with van der Waals surface area (Å²) in [6.45, 7) is 2.84. The van der Waals surface area contributed by atoms with Crippen molar-refractivity contribution in [1.29, 1.82) is 0 Å². The van der Waals surface area contributed by atoms with Gasteiger partial charge in [-0.1, -0.05) is 66.3 Å². The van der Waals surface area contributed by atoms with Crippen LogP contribution in [0.15, 0.2) is 64.3 Å². The molecule has 4 aromatic rings. The van der Waals surface area contributed by atoms with Crippen molar-refractivity contribution in [3.8, 4) is 17.1 Å². The summed E-state index contributed by atoms with van der Waals surface area (Å²) in [5, 5.41) is 13.8. The maximum atomic E-state index is 5.56. The predicted octanol–water partition coefficient (Wildman–Crippen LogP) is 4.82. The molecule has 0 saturated heterocycles. The number of para-hydroxylation sites is 1. The maximum absolute atomic E-state index is 5.56. The summed E-state index contributed by atoms with van der Waals surface area (Å²) in [5.41, 5.74) is 2.18. The van der Waals surface area contributed by atoms with E-state index >= 15 is 0 Å². The minimum atomic E-state index is 0.548. The fraction of sp³-hybridized carbons (Fsp3) is 0.304. The molecule has 4 rings (SSSR count). The Labute approximate surface area is 185 Å². The van der Waals surface area contributed by atoms with Gasteiger partial charge in [0.25, 0.3) is 0 Å². The van der Waals surface area contributed by atoms with Crippen molar-refractivity contribution < 1.29 is 9.26 Å². The third-order valence-electron chi connectivity index (χ3n) is 4.84. The first-order chi connectivity index (χ1) is 15.3. The number of hydrogen-bond donors (Lipinski definition) is 0. The van der Waals surface area contributed by atoms with Crippen molar-refractivity contribution in [2.45, 2.75) is 43.6 Å². The zero-order chi connectivity index (χ0) is 21.5. The van der Waals surface area contributed by atoms with Gasteiger partial charge in [0.05, 0.1) is 18.4 Å². The van der Waals surface area contributed by atoms with Gasteiger partial charge in [0, 0.05) is 13.0 Å². The molecule has 2 heterocycles. The van der Waals surface area contributed by atoms with Crippen molar-refractivity contribution in [2.24, 2.45) is 0 Å². The summed E-state index contributed by atoms with van der Waals surface area (Å²) >= 11 is 1.55. The van der Waals surface area contributed by atoms with Crippen LogP contribution in [0.2, 0.25) is 0 Å². The largest absolute Gasteiger partial charge is 0.496 e. The molecule has 31 heavy (non-hydrogen) atoms. The van der Waals surface area contributed by atoms with E-state index in [0.717, 1.165) is 53.9 Å². The van der Waals surface area contributed by atoms with Crippen LogP contribution in [0.4, 0.5) is 0 Å². The van der Waals surface area contributed by atoms with Gasteiger partial charge in [-0.3, -0.25) is 0 Å². The summed E-state index contributed by atoms with van der Waals surface area (Å²) in [7, 11) is 1.67. The molecular formula is C23H25N5O2S. The molecule has 0 fully saturated rings. The van der Waals surface area contributed by atoms with Crippen molar-refractivity contribution in [3.63, 3.8) is 0 Å². The van der Waals surface area contributed by atoms with Crippen LogP contribution in [-0.4, -0.2) is 32.0 Å². The molecule has 2 aromatic carbocycles. The minimum Gasteiger partial charge on any atom is -0.496 e. The first-order valence-corrected chi connectivity index (χ1v) is 11.3. The lowest BCUT2D eigenvalue weighted by molar-refractivity contribution is 0.384. The molecule has 0 unspecified atom stereocenters. The molecule has 0 amide bonds. The monoisotopic (exact) mass is 435 g/mol. The lowest BCUT2D eigenvalue weighted by Gasteiger charge is -2.12. The molecule has 7 nitrogen and oxygen atoms in total. The van der Waals surface area contributed by atoms with Gasteiger partial charge in [0.1, 0.15) is 5.75 Å². The Bertz CT molecular complexity index is 1110. The van der Waals surface area contributed by atoms with E-state index < -0.39 is 0 Å². The molecule has 0 radical (unpaired) electrons. The van der Waals surface area contributed by atoms with Crippen LogP contribution < -0.4 is 4.74 Å². The zero-order valence-corrected chi connectivity index (χ0v) is 18.5. The molecule has 0 aliphatic carbocycles. The van der Waals surface area contributed by atoms with E-state index in [1.807, 2.05) is 30.3 Å². The van der Waals surface area contributed by atoms with E-state index in [4.69, 9.17) is 9.26 Å². The Kier molecular flexibility index (Phi) is 6.99. The third kappa shape index (κ3) is 5.14. The van der Waals surface area contributed by atoms with Crippen LogP contribution in [0.25, 0.3) is 11.4 Å². The average molecular weight is 436 g/mol. The second kappa shape index (κ2) is 10.3. The highest BCUT2D eigenvalue weighted by Gasteiger charge is 2.18. The second-order valence-corrected chi connectivity index (χ2v) is 7.98. The van der Waals surface area contributed by atoms with Crippen LogP contribution in [-0.2, 0) is 25.1 Å². The molecule has 0 aliphatic rings. The summed E-state index contributed by atoms with van der Waals surface area (Å²) in [6, 6.07) is 18.3. The number of nitrogens with zero attached hydrogens (tertiary/aromatic N) is 5. The standard InChI is InChI=1S/C23H25N5O2S/c1-3-9-20-24-21(30-27-20)16-31-23-26-25-22(18-12-7-8-13-19(18)29-2)28(23)15-14-17-10-5-4-6-11-17/h4-8,10-13H,3,9,14-16H2,1-2H3. The van der Waals surface area contributed by atoms with E-state index in [2.05, 4.69) is 56.1 Å². The summed E-state index contributed by atoms with van der Waals surface area (Å²) in [6.07, 6.45) is 2.68. The Morgan fingerprint density at radius 3 is 2.61 bits per heavy atom. The van der Waals surface area contributed by atoms with Crippen molar-refractivity contribution in [1.82, 2.24) is 24.9 Å². The molecule has 0 saturated carbocycles. The van der Waals surface area contributed by atoms with E-state index in [9.17, 15) is 0 Å². The number of benzene rings is 2. The lowest BCUT2D eigenvalue weighted by atomic mass is 10.1. The lowest BCUT2D eigenvalue weighted by Crippen LogP contribution is -2.06. The second-order valence-electron chi connectivity index (χ2n) is 7.04. The van der Waals surface area contributed by atoms with Crippen molar-refractivity contribution in [2.75, 3.05) is 7.11 Å². The number of thioether (sulfide) groups is 1. The Hall–Kier alpha value is -3.13. The fourth-order valence-corrected chi connectivity index (χ4v) is 4.11. The number of rotatable bonds is 10. The smallest absolute Gasteiger partial charge is 0.237 e. The highest BCUT2D eigenvalue weighted by molar-refractivity contribution is 7.98. The van der Waals surface area contributed by atoms with Gasteiger partial charge in [-0.25, -0.2) is 0 Å². The van der Waals surface area contributed by atoms with Gasteiger partial charge in [-0.05, 0) is 30.5 Å². The number of methoxy groups -OCH3 is 1. The van der Waals surface area contributed by atoms with Crippen LogP contribution in [0.5, 0.6) is 5.75 Å². The van der Waals surface area contributed by atoms with Gasteiger partial charge < -0.3 is 13.8 Å². The number of aryl methyl sites for hydroxylation is 2. The molecule has 2 aromatic heterocycles. The van der Waals surface area contributed by atoms with Gasteiger partial charge in [0.2, 0.25) is 5.89 Å². The van der Waals surface area contributed by atoms with Crippen molar-refractivity contribution in [3.05, 3.63) is 71.9 Å². The normalized spacial score (nSPS) is 11.0. The minimum absolute atomic E-state index is 0.548. The number of ether oxygens (including phenoxy) is 1. The number of aromatic nitrogens is 5. The predicted molar refractivity (Wildman–Crippen MR) is 120 cm³/mol. The maximum Gasteiger partial charge on any atom is 0.237 e. The third-order valence-corrected chi connectivity index (χ3v) is 5.79. The Morgan fingerprint density at radius 1 is 1.00 bits per heavy atom. The zero-order valence-electron chi connectivity index (χ0n) is 17.7. The molecule has 0 bridgehead atoms. The molecule has 8 heteroatoms. The molecule has 0 aliphatic heterocycles. The fourth-order valence-electron chi connectivity index (χ4n) is 3.31. The summed E-state index contributed by atoms with van der Waals surface area (Å²) in [4.78, 5) is 4.45. The molecule has 0 atom stereocenters. The van der Waals surface area contributed by atoms with E-state index in [1.54, 1.807) is 18.9 Å². The quantitative estimate of drug-likeness (QED) is 0.330. The van der Waals surface area contributed by atoms with Crippen LogP contribution >= 0.6 is 11.8 Å². The SMILES string of the molecule is CCCc1noc(CSc2nnc(-c3ccccc3OC)n2CCc2ccccc2)n1. The van der Waals surface area contributed by atoms with Gasteiger partial charge in [0.15, 0.2) is 16.8 Å². The Balaban J connectivity index is 1.59. The first kappa shape index (κ1) is 21.1. The Morgan fingerprint density at radius 2 is 1.81 bits per heavy atom. The topological polar surface area (TPSA) is 78.9 Å². The number of hydrogen-bond acceptors (Lipinski definition) is 7. The van der Waals surface area contributed by atoms with E-state index in [0.29, 0.717) is 11.6 Å². The van der Waals surface area contributed by atoms with Crippen LogP contribution in [0.1, 0.15) is 30.6 Å². The van der Waals surface area contributed by atoms with Crippen molar-refractivity contribution >= 4 is 11.8 Å². The van der Waals surface area contributed by atoms with Gasteiger partial charge >= 0.3 is 0 Å². The van der Waals surface area contributed by atoms with E-state index in [-0.39, 0.29) is 0 Å². The first-order valence-electron chi connectivity index (χ1n) is 10.3. The average Bonchev–Trinajstić information content (AvgIpc) is 3.43.